The minimum atomic E-state index is -3.58. The topological polar surface area (TPSA) is 77.5 Å². The lowest BCUT2D eigenvalue weighted by atomic mass is 10.0. The normalized spacial score (nSPS) is 12.4. The molecule has 2 aromatic rings. The molecule has 6 heteroatoms. The Labute approximate surface area is 160 Å². The van der Waals surface area contributed by atoms with Gasteiger partial charge in [0.1, 0.15) is 0 Å². The molecule has 144 valence electrons. The Morgan fingerprint density at radius 1 is 0.963 bits per heavy atom. The van der Waals surface area contributed by atoms with Gasteiger partial charge in [-0.05, 0) is 57.0 Å². The Morgan fingerprint density at radius 2 is 1.59 bits per heavy atom. The lowest BCUT2D eigenvalue weighted by Gasteiger charge is -2.13. The largest absolute Gasteiger partial charge is 0.454 e. The summed E-state index contributed by atoms with van der Waals surface area (Å²) >= 11 is 0. The summed E-state index contributed by atoms with van der Waals surface area (Å²) in [4.78, 5) is 24.6. The molecule has 0 aliphatic carbocycles. The fourth-order valence-corrected chi connectivity index (χ4v) is 3.74. The van der Waals surface area contributed by atoms with Crippen molar-refractivity contribution in [3.8, 4) is 0 Å². The van der Waals surface area contributed by atoms with Crippen molar-refractivity contribution in [3.63, 3.8) is 0 Å². The number of carbonyl (C=O) groups excluding carboxylic acids is 2. The summed E-state index contributed by atoms with van der Waals surface area (Å²) in [5.74, 6) is -1.39. The van der Waals surface area contributed by atoms with E-state index in [1.54, 1.807) is 24.3 Å². The van der Waals surface area contributed by atoms with Crippen LogP contribution in [-0.4, -0.2) is 32.0 Å². The van der Waals surface area contributed by atoms with Crippen LogP contribution in [0, 0.1) is 20.8 Å². The van der Waals surface area contributed by atoms with Gasteiger partial charge in [-0.15, -0.1) is 0 Å². The molecular formula is C21H24O5S. The number of carbonyl (C=O) groups is 2. The van der Waals surface area contributed by atoms with Gasteiger partial charge in [-0.2, -0.15) is 0 Å². The maximum atomic E-state index is 12.4. The molecule has 0 heterocycles. The number of benzene rings is 2. The summed E-state index contributed by atoms with van der Waals surface area (Å²) in [6.07, 6.45) is -1.28. The van der Waals surface area contributed by atoms with Crippen LogP contribution in [0.1, 0.15) is 40.4 Å². The molecule has 0 unspecified atom stereocenters. The molecule has 0 aliphatic rings. The number of esters is 1. The van der Waals surface area contributed by atoms with Crippen LogP contribution in [-0.2, 0) is 19.4 Å². The van der Waals surface area contributed by atoms with E-state index in [1.807, 2.05) is 26.8 Å². The quantitative estimate of drug-likeness (QED) is 0.535. The Bertz CT molecular complexity index is 943. The SMILES string of the molecule is Cc1ccc(S(=O)(=O)CCC(=O)O[C@H](C)C(=O)c2ccc(C)c(C)c2)cc1. The van der Waals surface area contributed by atoms with E-state index in [0.717, 1.165) is 16.7 Å². The van der Waals surface area contributed by atoms with E-state index in [9.17, 15) is 18.0 Å². The number of ether oxygens (including phenoxy) is 1. The van der Waals surface area contributed by atoms with Crippen molar-refractivity contribution in [2.24, 2.45) is 0 Å². The summed E-state index contributed by atoms with van der Waals surface area (Å²) < 4.78 is 29.7. The molecule has 0 aliphatic heterocycles. The van der Waals surface area contributed by atoms with Gasteiger partial charge >= 0.3 is 5.97 Å². The first kappa shape index (κ1) is 20.8. The van der Waals surface area contributed by atoms with Gasteiger partial charge in [0.25, 0.3) is 0 Å². The van der Waals surface area contributed by atoms with Gasteiger partial charge in [0.15, 0.2) is 15.9 Å². The third kappa shape index (κ3) is 5.50. The number of hydrogen-bond donors (Lipinski definition) is 0. The van der Waals surface area contributed by atoms with Crippen LogP contribution in [0.2, 0.25) is 0 Å². The van der Waals surface area contributed by atoms with Gasteiger partial charge in [-0.1, -0.05) is 29.8 Å². The van der Waals surface area contributed by atoms with Crippen molar-refractivity contribution in [1.82, 2.24) is 0 Å². The van der Waals surface area contributed by atoms with Gasteiger partial charge in [0.2, 0.25) is 5.78 Å². The van der Waals surface area contributed by atoms with E-state index in [4.69, 9.17) is 4.74 Å². The maximum Gasteiger partial charge on any atom is 0.307 e. The lowest BCUT2D eigenvalue weighted by molar-refractivity contribution is -0.145. The molecule has 2 rings (SSSR count). The molecule has 0 bridgehead atoms. The molecule has 0 radical (unpaired) electrons. The van der Waals surface area contributed by atoms with Crippen LogP contribution in [0.25, 0.3) is 0 Å². The Kier molecular flexibility index (Phi) is 6.54. The molecule has 0 fully saturated rings. The molecule has 0 amide bonds. The molecule has 0 aromatic heterocycles. The molecule has 0 spiro atoms. The Balaban J connectivity index is 1.95. The summed E-state index contributed by atoms with van der Waals surface area (Å²) in [6, 6.07) is 11.7. The van der Waals surface area contributed by atoms with Gasteiger partial charge in [-0.3, -0.25) is 9.59 Å². The summed E-state index contributed by atoms with van der Waals surface area (Å²) in [7, 11) is -3.58. The van der Waals surface area contributed by atoms with Gasteiger partial charge in [0.05, 0.1) is 17.1 Å². The molecule has 0 saturated heterocycles. The third-order valence-corrected chi connectivity index (χ3v) is 6.16. The lowest BCUT2D eigenvalue weighted by Crippen LogP contribution is -2.25. The second kappa shape index (κ2) is 8.48. The maximum absolute atomic E-state index is 12.4. The van der Waals surface area contributed by atoms with E-state index < -0.39 is 21.9 Å². The average molecular weight is 388 g/mol. The first-order valence-corrected chi connectivity index (χ1v) is 10.4. The zero-order valence-corrected chi connectivity index (χ0v) is 16.8. The number of ketones is 1. The van der Waals surface area contributed by atoms with Gasteiger partial charge in [0, 0.05) is 5.56 Å². The van der Waals surface area contributed by atoms with Crippen molar-refractivity contribution in [3.05, 3.63) is 64.7 Å². The highest BCUT2D eigenvalue weighted by atomic mass is 32.2. The molecule has 1 atom stereocenters. The molecule has 0 saturated carbocycles. The Hall–Kier alpha value is -2.47. The summed E-state index contributed by atoms with van der Waals surface area (Å²) in [5, 5.41) is 0. The first-order valence-electron chi connectivity index (χ1n) is 8.70. The van der Waals surface area contributed by atoms with Crippen LogP contribution in [0.3, 0.4) is 0 Å². The van der Waals surface area contributed by atoms with Crippen molar-refractivity contribution in [1.29, 1.82) is 0 Å². The zero-order chi connectivity index (χ0) is 20.2. The molecule has 27 heavy (non-hydrogen) atoms. The van der Waals surface area contributed by atoms with E-state index in [2.05, 4.69) is 0 Å². The van der Waals surface area contributed by atoms with Crippen LogP contribution in [0.4, 0.5) is 0 Å². The van der Waals surface area contributed by atoms with Crippen molar-refractivity contribution < 1.29 is 22.7 Å². The zero-order valence-electron chi connectivity index (χ0n) is 16.0. The van der Waals surface area contributed by atoms with E-state index in [-0.39, 0.29) is 22.9 Å². The second-order valence-corrected chi connectivity index (χ2v) is 8.79. The van der Waals surface area contributed by atoms with Crippen LogP contribution in [0.15, 0.2) is 47.4 Å². The summed E-state index contributed by atoms with van der Waals surface area (Å²) in [6.45, 7) is 7.20. The van der Waals surface area contributed by atoms with Crippen molar-refractivity contribution in [2.45, 2.75) is 45.1 Å². The third-order valence-electron chi connectivity index (χ3n) is 4.42. The highest BCUT2D eigenvalue weighted by molar-refractivity contribution is 7.91. The fourth-order valence-electron chi connectivity index (χ4n) is 2.52. The molecule has 5 nitrogen and oxygen atoms in total. The molecular weight excluding hydrogens is 364 g/mol. The average Bonchev–Trinajstić information content (AvgIpc) is 2.62. The van der Waals surface area contributed by atoms with Crippen LogP contribution in [0.5, 0.6) is 0 Å². The second-order valence-electron chi connectivity index (χ2n) is 6.68. The van der Waals surface area contributed by atoms with Crippen LogP contribution < -0.4 is 0 Å². The van der Waals surface area contributed by atoms with Crippen molar-refractivity contribution >= 4 is 21.6 Å². The highest BCUT2D eigenvalue weighted by Crippen LogP contribution is 2.15. The standard InChI is InChI=1S/C21H24O5S/c1-14-5-9-19(10-6-14)27(24,25)12-11-20(22)26-17(4)21(23)18-8-7-15(2)16(3)13-18/h5-10,13,17H,11-12H2,1-4H3/t17-/m1/s1. The number of Topliss-reactive ketones (excluding diaryl/α,β-unsaturated/α-hetero) is 1. The predicted molar refractivity (Wildman–Crippen MR) is 104 cm³/mol. The van der Waals surface area contributed by atoms with Gasteiger partial charge < -0.3 is 4.74 Å². The summed E-state index contributed by atoms with van der Waals surface area (Å²) in [5.41, 5.74) is 3.46. The number of sulfone groups is 1. The number of rotatable bonds is 7. The minimum Gasteiger partial charge on any atom is -0.454 e. The van der Waals surface area contributed by atoms with Crippen molar-refractivity contribution in [2.75, 3.05) is 5.75 Å². The van der Waals surface area contributed by atoms with E-state index >= 15 is 0 Å². The van der Waals surface area contributed by atoms with Crippen LogP contribution >= 0.6 is 0 Å². The number of hydrogen-bond acceptors (Lipinski definition) is 5. The molecule has 2 aromatic carbocycles. The minimum absolute atomic E-state index is 0.167. The predicted octanol–water partition coefficient (Wildman–Crippen LogP) is 3.59. The smallest absolute Gasteiger partial charge is 0.307 e. The Morgan fingerprint density at radius 3 is 2.19 bits per heavy atom. The van der Waals surface area contributed by atoms with E-state index in [0.29, 0.717) is 5.56 Å². The first-order chi connectivity index (χ1) is 12.6. The molecule has 0 N–H and O–H groups in total. The number of aryl methyl sites for hydroxylation is 3. The van der Waals surface area contributed by atoms with E-state index in [1.165, 1.54) is 19.1 Å². The highest BCUT2D eigenvalue weighted by Gasteiger charge is 2.22. The monoisotopic (exact) mass is 388 g/mol. The van der Waals surface area contributed by atoms with Gasteiger partial charge in [-0.25, -0.2) is 8.42 Å². The fraction of sp³-hybridized carbons (Fsp3) is 0.333.